The summed E-state index contributed by atoms with van der Waals surface area (Å²) >= 11 is 0. The Balaban J connectivity index is 3.00. The highest BCUT2D eigenvalue weighted by atomic mass is 16.3. The van der Waals surface area contributed by atoms with Crippen molar-refractivity contribution in [2.24, 2.45) is 0 Å². The quantitative estimate of drug-likeness (QED) is 0.621. The van der Waals surface area contributed by atoms with Gasteiger partial charge in [0.1, 0.15) is 0 Å². The number of benzene rings is 1. The second kappa shape index (κ2) is 5.39. The van der Waals surface area contributed by atoms with Crippen molar-refractivity contribution in [2.75, 3.05) is 6.54 Å². The van der Waals surface area contributed by atoms with Gasteiger partial charge in [-0.05, 0) is 32.0 Å². The minimum Gasteiger partial charge on any atom is -0.504 e. The lowest BCUT2D eigenvalue weighted by molar-refractivity contribution is 0.0728. The summed E-state index contributed by atoms with van der Waals surface area (Å²) in [5.41, 5.74) is 0.343. The van der Waals surface area contributed by atoms with E-state index in [0.29, 0.717) is 12.1 Å². The Morgan fingerprint density at radius 2 is 2.06 bits per heavy atom. The van der Waals surface area contributed by atoms with Crippen LogP contribution in [0.2, 0.25) is 0 Å². The fourth-order valence-corrected chi connectivity index (χ4v) is 1.49. The van der Waals surface area contributed by atoms with Crippen molar-refractivity contribution in [3.8, 4) is 11.5 Å². The average Bonchev–Trinajstić information content (AvgIpc) is 2.28. The monoisotopic (exact) mass is 235 g/mol. The minimum atomic E-state index is -0.293. The van der Waals surface area contributed by atoms with Crippen molar-refractivity contribution in [1.29, 1.82) is 0 Å². The maximum Gasteiger partial charge on any atom is 0.254 e. The Morgan fingerprint density at radius 3 is 2.53 bits per heavy atom. The van der Waals surface area contributed by atoms with Crippen molar-refractivity contribution in [1.82, 2.24) is 4.90 Å². The lowest BCUT2D eigenvalue weighted by Gasteiger charge is -2.25. The van der Waals surface area contributed by atoms with Crippen molar-refractivity contribution in [3.05, 3.63) is 36.4 Å². The summed E-state index contributed by atoms with van der Waals surface area (Å²) in [7, 11) is 0. The third kappa shape index (κ3) is 3.00. The fraction of sp³-hybridized carbons (Fsp3) is 0.308. The summed E-state index contributed by atoms with van der Waals surface area (Å²) in [6, 6.07) is 4.08. The third-order valence-electron chi connectivity index (χ3n) is 2.43. The first-order valence-electron chi connectivity index (χ1n) is 5.41. The first-order valence-corrected chi connectivity index (χ1v) is 5.41. The van der Waals surface area contributed by atoms with E-state index in [0.717, 1.165) is 0 Å². The molecule has 0 bridgehead atoms. The lowest BCUT2D eigenvalue weighted by atomic mass is 10.1. The molecule has 1 rings (SSSR count). The number of aromatic hydroxyl groups is 2. The highest BCUT2D eigenvalue weighted by Crippen LogP contribution is 2.25. The lowest BCUT2D eigenvalue weighted by Crippen LogP contribution is -2.36. The van der Waals surface area contributed by atoms with Gasteiger partial charge >= 0.3 is 0 Å². The molecule has 0 heterocycles. The van der Waals surface area contributed by atoms with Crippen molar-refractivity contribution in [2.45, 2.75) is 19.9 Å². The Kier molecular flexibility index (Phi) is 4.15. The number of carbonyl (C=O) groups excluding carboxylic acids is 1. The van der Waals surface area contributed by atoms with Crippen LogP contribution in [0.1, 0.15) is 24.2 Å². The normalized spacial score (nSPS) is 10.3. The van der Waals surface area contributed by atoms with Crippen LogP contribution in [-0.2, 0) is 0 Å². The van der Waals surface area contributed by atoms with Crippen molar-refractivity contribution >= 4 is 5.91 Å². The predicted molar refractivity (Wildman–Crippen MR) is 66.1 cm³/mol. The van der Waals surface area contributed by atoms with E-state index in [4.69, 9.17) is 0 Å². The number of hydrogen-bond donors (Lipinski definition) is 2. The van der Waals surface area contributed by atoms with Gasteiger partial charge in [-0.2, -0.15) is 0 Å². The number of carbonyl (C=O) groups is 1. The van der Waals surface area contributed by atoms with Gasteiger partial charge in [-0.25, -0.2) is 0 Å². The summed E-state index contributed by atoms with van der Waals surface area (Å²) in [5, 5.41) is 18.5. The Morgan fingerprint density at radius 1 is 1.41 bits per heavy atom. The SMILES string of the molecule is C=CCN(C(=O)c1ccc(O)c(O)c1)C(C)C. The summed E-state index contributed by atoms with van der Waals surface area (Å²) in [6.45, 7) is 7.86. The summed E-state index contributed by atoms with van der Waals surface area (Å²) in [5.74, 6) is -0.727. The first-order chi connectivity index (χ1) is 7.97. The van der Waals surface area contributed by atoms with E-state index in [-0.39, 0.29) is 23.4 Å². The highest BCUT2D eigenvalue weighted by Gasteiger charge is 2.18. The van der Waals surface area contributed by atoms with Crippen LogP contribution >= 0.6 is 0 Å². The molecule has 0 radical (unpaired) electrons. The zero-order chi connectivity index (χ0) is 13.0. The molecular weight excluding hydrogens is 218 g/mol. The molecule has 0 aromatic heterocycles. The molecule has 0 atom stereocenters. The number of nitrogens with zero attached hydrogens (tertiary/aromatic N) is 1. The van der Waals surface area contributed by atoms with E-state index >= 15 is 0 Å². The van der Waals surface area contributed by atoms with Gasteiger partial charge in [0.15, 0.2) is 11.5 Å². The molecule has 4 nitrogen and oxygen atoms in total. The van der Waals surface area contributed by atoms with Crippen LogP contribution in [0, 0.1) is 0 Å². The average molecular weight is 235 g/mol. The molecular formula is C13H17NO3. The third-order valence-corrected chi connectivity index (χ3v) is 2.43. The zero-order valence-electron chi connectivity index (χ0n) is 10.1. The highest BCUT2D eigenvalue weighted by molar-refractivity contribution is 5.95. The molecule has 92 valence electrons. The van der Waals surface area contributed by atoms with Gasteiger partial charge in [-0.1, -0.05) is 6.08 Å². The van der Waals surface area contributed by atoms with Gasteiger partial charge in [0.25, 0.3) is 5.91 Å². The molecule has 17 heavy (non-hydrogen) atoms. The van der Waals surface area contributed by atoms with Crippen LogP contribution in [0.3, 0.4) is 0 Å². The zero-order valence-corrected chi connectivity index (χ0v) is 10.1. The molecule has 4 heteroatoms. The largest absolute Gasteiger partial charge is 0.504 e. The molecule has 0 aliphatic heterocycles. The van der Waals surface area contributed by atoms with Gasteiger partial charge in [-0.15, -0.1) is 6.58 Å². The summed E-state index contributed by atoms with van der Waals surface area (Å²) < 4.78 is 0. The minimum absolute atomic E-state index is 0.0384. The number of phenolic OH excluding ortho intramolecular Hbond substituents is 2. The van der Waals surface area contributed by atoms with E-state index in [9.17, 15) is 15.0 Å². The van der Waals surface area contributed by atoms with Gasteiger partial charge in [0.2, 0.25) is 0 Å². The van der Waals surface area contributed by atoms with Crippen LogP contribution < -0.4 is 0 Å². The molecule has 0 fully saturated rings. The topological polar surface area (TPSA) is 60.8 Å². The van der Waals surface area contributed by atoms with E-state index in [1.54, 1.807) is 11.0 Å². The molecule has 0 aliphatic carbocycles. The van der Waals surface area contributed by atoms with Crippen LogP contribution in [-0.4, -0.2) is 33.6 Å². The van der Waals surface area contributed by atoms with Crippen LogP contribution in [0.5, 0.6) is 11.5 Å². The molecule has 0 spiro atoms. The fourth-order valence-electron chi connectivity index (χ4n) is 1.49. The molecule has 0 unspecified atom stereocenters. The molecule has 1 aromatic rings. The van der Waals surface area contributed by atoms with Gasteiger partial charge < -0.3 is 15.1 Å². The summed E-state index contributed by atoms with van der Waals surface area (Å²) in [4.78, 5) is 13.7. The van der Waals surface area contributed by atoms with Gasteiger partial charge in [0, 0.05) is 18.2 Å². The Bertz CT molecular complexity index is 427. The smallest absolute Gasteiger partial charge is 0.254 e. The van der Waals surface area contributed by atoms with Crippen molar-refractivity contribution < 1.29 is 15.0 Å². The van der Waals surface area contributed by atoms with Crippen LogP contribution in [0.4, 0.5) is 0 Å². The number of phenols is 2. The van der Waals surface area contributed by atoms with Gasteiger partial charge in [0.05, 0.1) is 0 Å². The maximum atomic E-state index is 12.1. The van der Waals surface area contributed by atoms with E-state index in [1.165, 1.54) is 18.2 Å². The summed E-state index contributed by atoms with van der Waals surface area (Å²) in [6.07, 6.45) is 1.65. The van der Waals surface area contributed by atoms with Crippen molar-refractivity contribution in [3.63, 3.8) is 0 Å². The maximum absolute atomic E-state index is 12.1. The molecule has 1 aromatic carbocycles. The second-order valence-corrected chi connectivity index (χ2v) is 4.04. The number of rotatable bonds is 4. The standard InChI is InChI=1S/C13H17NO3/c1-4-7-14(9(2)3)13(17)10-5-6-11(15)12(16)8-10/h4-6,8-9,15-16H,1,7H2,2-3H3. The molecule has 0 saturated heterocycles. The van der Waals surface area contributed by atoms with E-state index in [1.807, 2.05) is 13.8 Å². The van der Waals surface area contributed by atoms with Gasteiger partial charge in [-0.3, -0.25) is 4.79 Å². The number of amides is 1. The van der Waals surface area contributed by atoms with E-state index in [2.05, 4.69) is 6.58 Å². The molecule has 0 saturated carbocycles. The Hall–Kier alpha value is -1.97. The molecule has 2 N–H and O–H groups in total. The molecule has 0 aliphatic rings. The van der Waals surface area contributed by atoms with Crippen LogP contribution in [0.15, 0.2) is 30.9 Å². The first kappa shape index (κ1) is 13.1. The second-order valence-electron chi connectivity index (χ2n) is 4.04. The Labute approximate surface area is 101 Å². The number of hydrogen-bond acceptors (Lipinski definition) is 3. The van der Waals surface area contributed by atoms with Crippen LogP contribution in [0.25, 0.3) is 0 Å². The predicted octanol–water partition coefficient (Wildman–Crippen LogP) is 2.13. The van der Waals surface area contributed by atoms with E-state index < -0.39 is 0 Å². The molecule has 1 amide bonds.